The molecule has 0 aromatic heterocycles. The molecule has 0 saturated heterocycles. The van der Waals surface area contributed by atoms with Gasteiger partial charge >= 0.3 is 0 Å². The molecule has 29 heavy (non-hydrogen) atoms. The zero-order chi connectivity index (χ0) is 21.6. The predicted octanol–water partition coefficient (Wildman–Crippen LogP) is 2.85. The number of hydrogen-bond donors (Lipinski definition) is 3. The van der Waals surface area contributed by atoms with Crippen molar-refractivity contribution in [2.24, 2.45) is 0 Å². The quantitative estimate of drug-likeness (QED) is 0.533. The number of aliphatic hydroxyl groups is 1. The molecule has 0 aliphatic heterocycles. The molecule has 158 valence electrons. The molecule has 0 aliphatic rings. The van der Waals surface area contributed by atoms with Crippen molar-refractivity contribution in [1.82, 2.24) is 10.0 Å². The van der Waals surface area contributed by atoms with Gasteiger partial charge in [0.05, 0.1) is 9.92 Å². The number of sulfonamides is 1. The lowest BCUT2D eigenvalue weighted by atomic mass is 10.2. The highest BCUT2D eigenvalue weighted by molar-refractivity contribution is 7.89. The van der Waals surface area contributed by atoms with Gasteiger partial charge in [-0.3, -0.25) is 4.79 Å². The van der Waals surface area contributed by atoms with E-state index in [4.69, 9.17) is 27.9 Å². The highest BCUT2D eigenvalue weighted by Crippen LogP contribution is 2.31. The van der Waals surface area contributed by atoms with Crippen LogP contribution in [0.25, 0.3) is 0 Å². The van der Waals surface area contributed by atoms with Gasteiger partial charge in [0.2, 0.25) is 10.0 Å². The predicted molar refractivity (Wildman–Crippen MR) is 112 cm³/mol. The van der Waals surface area contributed by atoms with Crippen LogP contribution >= 0.6 is 23.2 Å². The summed E-state index contributed by atoms with van der Waals surface area (Å²) in [6.45, 7) is 3.19. The molecule has 10 heteroatoms. The van der Waals surface area contributed by atoms with E-state index in [0.29, 0.717) is 10.8 Å². The topological polar surface area (TPSA) is 105 Å². The number of hydrogen-bond acceptors (Lipinski definition) is 5. The molecule has 1 unspecified atom stereocenters. The summed E-state index contributed by atoms with van der Waals surface area (Å²) in [4.78, 5) is 12.3. The first-order valence-corrected chi connectivity index (χ1v) is 11.0. The van der Waals surface area contributed by atoms with E-state index in [1.807, 2.05) is 0 Å². The summed E-state index contributed by atoms with van der Waals surface area (Å²) in [5.41, 5.74) is 0.155. The first kappa shape index (κ1) is 23.4. The van der Waals surface area contributed by atoms with E-state index in [1.54, 1.807) is 32.0 Å². The van der Waals surface area contributed by atoms with E-state index >= 15 is 0 Å². The number of rotatable bonds is 9. The maximum Gasteiger partial charge on any atom is 0.251 e. The fourth-order valence-electron chi connectivity index (χ4n) is 2.34. The van der Waals surface area contributed by atoms with Gasteiger partial charge in [0.1, 0.15) is 23.5 Å². The van der Waals surface area contributed by atoms with Crippen LogP contribution in [0.3, 0.4) is 0 Å². The van der Waals surface area contributed by atoms with Gasteiger partial charge in [0, 0.05) is 18.2 Å². The van der Waals surface area contributed by atoms with Crippen molar-refractivity contribution in [2.45, 2.75) is 30.9 Å². The molecule has 2 aromatic carbocycles. The standard InChI is InChI=1S/C19H22Cl2N2O5S/c1-12(2)23-29(26,27)15-6-3-5-13(9-15)19(25)22-10-14(24)11-28-17-8-4-7-16(20)18(17)21/h3-9,12,14,23-24H,10-11H2,1-2H3,(H,22,25). The lowest BCUT2D eigenvalue weighted by Crippen LogP contribution is -2.35. The molecule has 3 N–H and O–H groups in total. The minimum atomic E-state index is -3.72. The summed E-state index contributed by atoms with van der Waals surface area (Å²) in [5.74, 6) is -0.202. The average molecular weight is 461 g/mol. The highest BCUT2D eigenvalue weighted by atomic mass is 35.5. The lowest BCUT2D eigenvalue weighted by Gasteiger charge is -2.15. The summed E-state index contributed by atoms with van der Waals surface area (Å²) >= 11 is 11.9. The van der Waals surface area contributed by atoms with Gasteiger partial charge in [0.25, 0.3) is 5.91 Å². The van der Waals surface area contributed by atoms with Crippen molar-refractivity contribution < 1.29 is 23.1 Å². The van der Waals surface area contributed by atoms with Gasteiger partial charge in [-0.2, -0.15) is 0 Å². The molecule has 0 spiro atoms. The number of halogens is 2. The average Bonchev–Trinajstić information content (AvgIpc) is 2.66. The third kappa shape index (κ3) is 6.87. The van der Waals surface area contributed by atoms with E-state index in [1.165, 1.54) is 24.3 Å². The van der Waals surface area contributed by atoms with Crippen molar-refractivity contribution in [3.63, 3.8) is 0 Å². The van der Waals surface area contributed by atoms with Gasteiger partial charge in [0.15, 0.2) is 0 Å². The maximum atomic E-state index is 12.3. The zero-order valence-electron chi connectivity index (χ0n) is 15.9. The van der Waals surface area contributed by atoms with Gasteiger partial charge < -0.3 is 15.2 Å². The van der Waals surface area contributed by atoms with Gasteiger partial charge in [-0.15, -0.1) is 0 Å². The molecule has 0 heterocycles. The van der Waals surface area contributed by atoms with Crippen LogP contribution in [0.4, 0.5) is 0 Å². The van der Waals surface area contributed by atoms with E-state index < -0.39 is 22.0 Å². The van der Waals surface area contributed by atoms with Crippen molar-refractivity contribution in [2.75, 3.05) is 13.2 Å². The molecule has 0 aliphatic carbocycles. The Bertz CT molecular complexity index is 967. The van der Waals surface area contributed by atoms with E-state index in [9.17, 15) is 18.3 Å². The fourth-order valence-corrected chi connectivity index (χ4v) is 3.98. The van der Waals surface area contributed by atoms with Crippen LogP contribution in [0.15, 0.2) is 47.4 Å². The molecule has 7 nitrogen and oxygen atoms in total. The Morgan fingerprint density at radius 3 is 2.55 bits per heavy atom. The molecule has 2 aromatic rings. The molecule has 0 bridgehead atoms. The third-order valence-electron chi connectivity index (χ3n) is 3.64. The number of ether oxygens (including phenoxy) is 1. The number of nitrogens with one attached hydrogen (secondary N) is 2. The van der Waals surface area contributed by atoms with Crippen LogP contribution in [-0.2, 0) is 10.0 Å². The molecule has 1 atom stereocenters. The minimum Gasteiger partial charge on any atom is -0.489 e. The molecule has 2 rings (SSSR count). The second-order valence-electron chi connectivity index (χ2n) is 6.53. The van der Waals surface area contributed by atoms with E-state index in [0.717, 1.165) is 0 Å². The smallest absolute Gasteiger partial charge is 0.251 e. The SMILES string of the molecule is CC(C)NS(=O)(=O)c1cccc(C(=O)NCC(O)COc2cccc(Cl)c2Cl)c1. The van der Waals surface area contributed by atoms with Crippen LogP contribution in [0.1, 0.15) is 24.2 Å². The zero-order valence-corrected chi connectivity index (χ0v) is 18.2. The molecule has 0 saturated carbocycles. The maximum absolute atomic E-state index is 12.3. The summed E-state index contributed by atoms with van der Waals surface area (Å²) in [6, 6.07) is 10.2. The summed E-state index contributed by atoms with van der Waals surface area (Å²) in [6.07, 6.45) is -1.01. The van der Waals surface area contributed by atoms with Crippen molar-refractivity contribution >= 4 is 39.1 Å². The Hall–Kier alpha value is -1.84. The lowest BCUT2D eigenvalue weighted by molar-refractivity contribution is 0.0843. The largest absolute Gasteiger partial charge is 0.489 e. The van der Waals surface area contributed by atoms with Crippen molar-refractivity contribution in [3.8, 4) is 5.75 Å². The summed E-state index contributed by atoms with van der Waals surface area (Å²) in [7, 11) is -3.72. The second-order valence-corrected chi connectivity index (χ2v) is 9.03. The Kier molecular flexibility index (Phi) is 8.30. The van der Waals surface area contributed by atoms with Crippen molar-refractivity contribution in [1.29, 1.82) is 0 Å². The van der Waals surface area contributed by atoms with Gasteiger partial charge in [-0.25, -0.2) is 13.1 Å². The molecule has 0 radical (unpaired) electrons. The van der Waals surface area contributed by atoms with Crippen molar-refractivity contribution in [3.05, 3.63) is 58.1 Å². The van der Waals surface area contributed by atoms with Crippen LogP contribution in [0, 0.1) is 0 Å². The van der Waals surface area contributed by atoms with Crippen LogP contribution < -0.4 is 14.8 Å². The molecule has 0 fully saturated rings. The Morgan fingerprint density at radius 2 is 1.86 bits per heavy atom. The summed E-state index contributed by atoms with van der Waals surface area (Å²) < 4.78 is 32.3. The fraction of sp³-hybridized carbons (Fsp3) is 0.316. The number of carbonyl (C=O) groups is 1. The number of benzene rings is 2. The molecular formula is C19H22Cl2N2O5S. The number of aliphatic hydroxyl groups excluding tert-OH is 1. The first-order chi connectivity index (χ1) is 13.6. The van der Waals surface area contributed by atoms with E-state index in [2.05, 4.69) is 10.0 Å². The summed E-state index contributed by atoms with van der Waals surface area (Å²) in [5, 5.41) is 13.1. The molecular weight excluding hydrogens is 439 g/mol. The van der Waals surface area contributed by atoms with Crippen LogP contribution in [-0.4, -0.2) is 44.7 Å². The second kappa shape index (κ2) is 10.3. The molecule has 1 amide bonds. The first-order valence-electron chi connectivity index (χ1n) is 8.75. The van der Waals surface area contributed by atoms with Gasteiger partial charge in [-0.1, -0.05) is 35.3 Å². The monoisotopic (exact) mass is 460 g/mol. The number of amides is 1. The van der Waals surface area contributed by atoms with Crippen LogP contribution in [0.5, 0.6) is 5.75 Å². The van der Waals surface area contributed by atoms with Gasteiger partial charge in [-0.05, 0) is 44.2 Å². The van der Waals surface area contributed by atoms with Crippen LogP contribution in [0.2, 0.25) is 10.0 Å². The Balaban J connectivity index is 1.93. The Labute approximate surface area is 180 Å². The number of carbonyl (C=O) groups excluding carboxylic acids is 1. The third-order valence-corrected chi connectivity index (χ3v) is 6.10. The highest BCUT2D eigenvalue weighted by Gasteiger charge is 2.18. The Morgan fingerprint density at radius 1 is 1.17 bits per heavy atom. The normalized spacial score (nSPS) is 12.6. The minimum absolute atomic E-state index is 0.0154. The van der Waals surface area contributed by atoms with E-state index in [-0.39, 0.29) is 34.7 Å².